The third-order valence-corrected chi connectivity index (χ3v) is 3.28. The van der Waals surface area contributed by atoms with Gasteiger partial charge in [-0.15, -0.1) is 0 Å². The summed E-state index contributed by atoms with van der Waals surface area (Å²) in [7, 11) is 4.05. The third-order valence-electron chi connectivity index (χ3n) is 3.28. The summed E-state index contributed by atoms with van der Waals surface area (Å²) in [6.45, 7) is 3.74. The third kappa shape index (κ3) is 4.56. The zero-order chi connectivity index (χ0) is 15.9. The van der Waals surface area contributed by atoms with Crippen LogP contribution in [0.3, 0.4) is 0 Å². The number of hydrogen-bond donors (Lipinski definition) is 2. The smallest absolute Gasteiger partial charge is 0.274 e. The van der Waals surface area contributed by atoms with E-state index < -0.39 is 0 Å². The fraction of sp³-hybridized carbons (Fsp3) is 0.294. The molecule has 2 aromatic rings. The standard InChI is InChI=1S/C17H22N4O/c1-13-6-4-5-7-15(13)20-17(22)16-9-8-14(12-19-16)18-10-11-21(2)3/h4-9,12,18H,10-11H2,1-3H3,(H,20,22). The zero-order valence-electron chi connectivity index (χ0n) is 13.3. The number of rotatable bonds is 6. The van der Waals surface area contributed by atoms with Crippen molar-refractivity contribution in [1.29, 1.82) is 0 Å². The number of nitrogens with one attached hydrogen (secondary N) is 2. The van der Waals surface area contributed by atoms with E-state index >= 15 is 0 Å². The number of aryl methyl sites for hydroxylation is 1. The van der Waals surface area contributed by atoms with Gasteiger partial charge in [-0.25, -0.2) is 4.98 Å². The minimum atomic E-state index is -0.200. The van der Waals surface area contributed by atoms with Gasteiger partial charge in [0.05, 0.1) is 11.9 Å². The second-order valence-electron chi connectivity index (χ2n) is 5.43. The molecule has 2 rings (SSSR count). The maximum absolute atomic E-state index is 12.2. The first-order valence-electron chi connectivity index (χ1n) is 7.28. The summed E-state index contributed by atoms with van der Waals surface area (Å²) in [6, 6.07) is 11.3. The highest BCUT2D eigenvalue weighted by atomic mass is 16.1. The second-order valence-corrected chi connectivity index (χ2v) is 5.43. The molecule has 0 aliphatic carbocycles. The van der Waals surface area contributed by atoms with Crippen molar-refractivity contribution in [2.24, 2.45) is 0 Å². The number of hydrogen-bond acceptors (Lipinski definition) is 4. The van der Waals surface area contributed by atoms with Crippen molar-refractivity contribution in [3.8, 4) is 0 Å². The van der Waals surface area contributed by atoms with Crippen LogP contribution in [0.4, 0.5) is 11.4 Å². The number of amides is 1. The van der Waals surface area contributed by atoms with Crippen LogP contribution in [0, 0.1) is 6.92 Å². The molecule has 5 heteroatoms. The Kier molecular flexibility index (Phi) is 5.49. The fourth-order valence-electron chi connectivity index (χ4n) is 1.96. The largest absolute Gasteiger partial charge is 0.383 e. The molecule has 1 heterocycles. The molecule has 0 fully saturated rings. The van der Waals surface area contributed by atoms with Gasteiger partial charge >= 0.3 is 0 Å². The van der Waals surface area contributed by atoms with Crippen molar-refractivity contribution in [2.75, 3.05) is 37.8 Å². The highest BCUT2D eigenvalue weighted by Crippen LogP contribution is 2.14. The van der Waals surface area contributed by atoms with E-state index in [9.17, 15) is 4.79 Å². The molecule has 0 unspecified atom stereocenters. The first-order chi connectivity index (χ1) is 10.6. The average Bonchev–Trinajstić information content (AvgIpc) is 2.50. The summed E-state index contributed by atoms with van der Waals surface area (Å²) in [5.74, 6) is -0.200. The van der Waals surface area contributed by atoms with Crippen LogP contribution in [0.1, 0.15) is 16.1 Å². The van der Waals surface area contributed by atoms with Gasteiger partial charge in [-0.1, -0.05) is 18.2 Å². The summed E-state index contributed by atoms with van der Waals surface area (Å²) < 4.78 is 0. The van der Waals surface area contributed by atoms with Gasteiger partial charge in [0.15, 0.2) is 0 Å². The molecule has 1 aromatic carbocycles. The second kappa shape index (κ2) is 7.56. The molecule has 0 saturated carbocycles. The molecule has 0 atom stereocenters. The van der Waals surface area contributed by atoms with Crippen LogP contribution in [-0.4, -0.2) is 43.0 Å². The minimum absolute atomic E-state index is 0.200. The minimum Gasteiger partial charge on any atom is -0.383 e. The number of likely N-dealkylation sites (N-methyl/N-ethyl adjacent to an activating group) is 1. The zero-order valence-corrected chi connectivity index (χ0v) is 13.3. The van der Waals surface area contributed by atoms with Gasteiger partial charge < -0.3 is 15.5 Å². The Balaban J connectivity index is 1.95. The van der Waals surface area contributed by atoms with Crippen LogP contribution in [0.2, 0.25) is 0 Å². The number of carbonyl (C=O) groups excluding carboxylic acids is 1. The van der Waals surface area contributed by atoms with E-state index in [-0.39, 0.29) is 5.91 Å². The Morgan fingerprint density at radius 2 is 1.95 bits per heavy atom. The van der Waals surface area contributed by atoms with Crippen molar-refractivity contribution < 1.29 is 4.79 Å². The number of benzene rings is 1. The van der Waals surface area contributed by atoms with Crippen molar-refractivity contribution in [3.05, 3.63) is 53.9 Å². The summed E-state index contributed by atoms with van der Waals surface area (Å²) in [6.07, 6.45) is 1.68. The molecule has 1 aromatic heterocycles. The average molecular weight is 298 g/mol. The van der Waals surface area contributed by atoms with Crippen LogP contribution < -0.4 is 10.6 Å². The number of pyridine rings is 1. The van der Waals surface area contributed by atoms with Crippen molar-refractivity contribution in [1.82, 2.24) is 9.88 Å². The fourth-order valence-corrected chi connectivity index (χ4v) is 1.96. The van der Waals surface area contributed by atoms with Crippen LogP contribution in [0.25, 0.3) is 0 Å². The molecule has 0 bridgehead atoms. The topological polar surface area (TPSA) is 57.3 Å². The SMILES string of the molecule is Cc1ccccc1NC(=O)c1ccc(NCCN(C)C)cn1. The molecule has 116 valence electrons. The molecule has 0 aliphatic heterocycles. The predicted molar refractivity (Wildman–Crippen MR) is 90.4 cm³/mol. The van der Waals surface area contributed by atoms with Gasteiger partial charge in [-0.05, 0) is 44.8 Å². The molecule has 0 radical (unpaired) electrons. The Bertz CT molecular complexity index is 623. The number of carbonyl (C=O) groups is 1. The van der Waals surface area contributed by atoms with E-state index in [4.69, 9.17) is 0 Å². The summed E-state index contributed by atoms with van der Waals surface area (Å²) >= 11 is 0. The number of anilines is 2. The van der Waals surface area contributed by atoms with Crippen LogP contribution >= 0.6 is 0 Å². The number of para-hydroxylation sites is 1. The quantitative estimate of drug-likeness (QED) is 0.861. The molecule has 0 saturated heterocycles. The normalized spacial score (nSPS) is 10.5. The first kappa shape index (κ1) is 16.0. The predicted octanol–water partition coefficient (Wildman–Crippen LogP) is 2.62. The van der Waals surface area contributed by atoms with Gasteiger partial charge in [-0.3, -0.25) is 4.79 Å². The summed E-state index contributed by atoms with van der Waals surface area (Å²) in [4.78, 5) is 18.5. The van der Waals surface area contributed by atoms with E-state index in [1.54, 1.807) is 12.3 Å². The number of nitrogens with zero attached hydrogens (tertiary/aromatic N) is 2. The van der Waals surface area contributed by atoms with Gasteiger partial charge in [0.25, 0.3) is 5.91 Å². The molecular formula is C17H22N4O. The van der Waals surface area contributed by atoms with Gasteiger partial charge in [0.1, 0.15) is 5.69 Å². The monoisotopic (exact) mass is 298 g/mol. The molecule has 1 amide bonds. The molecular weight excluding hydrogens is 276 g/mol. The van der Waals surface area contributed by atoms with Gasteiger partial charge in [-0.2, -0.15) is 0 Å². The van der Waals surface area contributed by atoms with Gasteiger partial charge in [0.2, 0.25) is 0 Å². The highest BCUT2D eigenvalue weighted by Gasteiger charge is 2.08. The molecule has 22 heavy (non-hydrogen) atoms. The van der Waals surface area contributed by atoms with Crippen molar-refractivity contribution >= 4 is 17.3 Å². The Hall–Kier alpha value is -2.40. The van der Waals surface area contributed by atoms with E-state index in [2.05, 4.69) is 20.5 Å². The molecule has 0 spiro atoms. The lowest BCUT2D eigenvalue weighted by atomic mass is 10.2. The Morgan fingerprint density at radius 1 is 1.18 bits per heavy atom. The van der Waals surface area contributed by atoms with E-state index in [0.29, 0.717) is 5.69 Å². The maximum Gasteiger partial charge on any atom is 0.274 e. The van der Waals surface area contributed by atoms with E-state index in [0.717, 1.165) is 30.0 Å². The maximum atomic E-state index is 12.2. The Morgan fingerprint density at radius 3 is 2.59 bits per heavy atom. The lowest BCUT2D eigenvalue weighted by Crippen LogP contribution is -2.21. The molecule has 0 aliphatic rings. The molecule has 5 nitrogen and oxygen atoms in total. The summed E-state index contributed by atoms with van der Waals surface area (Å²) in [5, 5.41) is 6.14. The van der Waals surface area contributed by atoms with Crippen LogP contribution in [0.15, 0.2) is 42.6 Å². The van der Waals surface area contributed by atoms with Crippen molar-refractivity contribution in [2.45, 2.75) is 6.92 Å². The van der Waals surface area contributed by atoms with Crippen LogP contribution in [0.5, 0.6) is 0 Å². The van der Waals surface area contributed by atoms with Gasteiger partial charge in [0, 0.05) is 18.8 Å². The van der Waals surface area contributed by atoms with Crippen molar-refractivity contribution in [3.63, 3.8) is 0 Å². The van der Waals surface area contributed by atoms with E-state index in [1.807, 2.05) is 51.4 Å². The first-order valence-corrected chi connectivity index (χ1v) is 7.28. The molecule has 2 N–H and O–H groups in total. The van der Waals surface area contributed by atoms with Crippen LogP contribution in [-0.2, 0) is 0 Å². The highest BCUT2D eigenvalue weighted by molar-refractivity contribution is 6.03. The number of aromatic nitrogens is 1. The lowest BCUT2D eigenvalue weighted by Gasteiger charge is -2.11. The van der Waals surface area contributed by atoms with E-state index in [1.165, 1.54) is 0 Å². The summed E-state index contributed by atoms with van der Waals surface area (Å²) in [5.41, 5.74) is 3.15. The Labute approximate surface area is 131 Å². The lowest BCUT2D eigenvalue weighted by molar-refractivity contribution is 0.102.